The highest BCUT2D eigenvalue weighted by molar-refractivity contribution is 7.56. The molecule has 1 N–H and O–H groups in total. The van der Waals surface area contributed by atoms with Gasteiger partial charge < -0.3 is 13.8 Å². The molecule has 31 heavy (non-hydrogen) atoms. The molecule has 0 aliphatic carbocycles. The number of halogens is 3. The lowest BCUT2D eigenvalue weighted by Gasteiger charge is -2.19. The number of ether oxygens (including phenoxy) is 1. The quantitative estimate of drug-likeness (QED) is 0.439. The summed E-state index contributed by atoms with van der Waals surface area (Å²) < 4.78 is 66.1. The first-order valence-electron chi connectivity index (χ1n) is 9.34. The van der Waals surface area contributed by atoms with Crippen molar-refractivity contribution in [1.29, 1.82) is 0 Å². The van der Waals surface area contributed by atoms with E-state index in [9.17, 15) is 17.7 Å². The molecule has 2 aromatic carbocycles. The van der Waals surface area contributed by atoms with E-state index >= 15 is 0 Å². The lowest BCUT2D eigenvalue weighted by atomic mass is 10.1. The van der Waals surface area contributed by atoms with Crippen molar-refractivity contribution in [2.75, 3.05) is 13.7 Å². The number of nitrogens with zero attached hydrogens (tertiary/aromatic N) is 2. The number of hydrogen-bond acceptors (Lipinski definition) is 6. The fourth-order valence-electron chi connectivity index (χ4n) is 2.81. The maximum atomic E-state index is 13.2. The van der Waals surface area contributed by atoms with Crippen LogP contribution in [0.25, 0.3) is 11.4 Å². The summed E-state index contributed by atoms with van der Waals surface area (Å²) in [6, 6.07) is 13.7. The zero-order valence-electron chi connectivity index (χ0n) is 16.8. The van der Waals surface area contributed by atoms with Gasteiger partial charge in [0.1, 0.15) is 5.75 Å². The Balaban J connectivity index is 1.70. The molecule has 0 spiro atoms. The summed E-state index contributed by atoms with van der Waals surface area (Å²) in [5, 5.41) is 6.35. The Kier molecular flexibility index (Phi) is 7.15. The van der Waals surface area contributed by atoms with Crippen molar-refractivity contribution in [1.82, 2.24) is 15.2 Å². The average molecular weight is 455 g/mol. The Labute approximate surface area is 177 Å². The molecule has 0 aliphatic rings. The molecule has 0 saturated carbocycles. The highest BCUT2D eigenvalue weighted by Gasteiger charge is 2.38. The van der Waals surface area contributed by atoms with Gasteiger partial charge in [-0.2, -0.15) is 18.2 Å². The van der Waals surface area contributed by atoms with E-state index in [0.29, 0.717) is 23.4 Å². The third-order valence-electron chi connectivity index (χ3n) is 4.27. The van der Waals surface area contributed by atoms with E-state index in [2.05, 4.69) is 19.8 Å². The predicted octanol–water partition coefficient (Wildman–Crippen LogP) is 5.28. The van der Waals surface area contributed by atoms with Gasteiger partial charge in [-0.3, -0.25) is 4.57 Å². The second kappa shape index (κ2) is 9.64. The summed E-state index contributed by atoms with van der Waals surface area (Å²) in [6.45, 7) is 2.32. The molecule has 7 nitrogen and oxygen atoms in total. The third-order valence-corrected chi connectivity index (χ3v) is 6.36. The highest BCUT2D eigenvalue weighted by atomic mass is 31.2. The van der Waals surface area contributed by atoms with Crippen LogP contribution in [0, 0.1) is 0 Å². The second-order valence-electron chi connectivity index (χ2n) is 6.55. The van der Waals surface area contributed by atoms with Crippen LogP contribution < -0.4 is 9.82 Å². The molecule has 1 aromatic heterocycles. The smallest absolute Gasteiger partial charge is 0.471 e. The Morgan fingerprint density at radius 3 is 2.48 bits per heavy atom. The van der Waals surface area contributed by atoms with E-state index in [0.717, 1.165) is 5.56 Å². The Bertz CT molecular complexity index is 1050. The molecule has 11 heteroatoms. The van der Waals surface area contributed by atoms with Gasteiger partial charge in [0, 0.05) is 12.1 Å². The average Bonchev–Trinajstić information content (AvgIpc) is 3.24. The van der Waals surface area contributed by atoms with E-state index in [1.54, 1.807) is 38.3 Å². The van der Waals surface area contributed by atoms with Crippen molar-refractivity contribution in [2.24, 2.45) is 0 Å². The van der Waals surface area contributed by atoms with Crippen molar-refractivity contribution in [3.63, 3.8) is 0 Å². The molecule has 0 fully saturated rings. The van der Waals surface area contributed by atoms with Gasteiger partial charge >= 0.3 is 12.1 Å². The third kappa shape index (κ3) is 6.16. The van der Waals surface area contributed by atoms with Crippen molar-refractivity contribution >= 4 is 7.52 Å². The van der Waals surface area contributed by atoms with Crippen LogP contribution in [0.5, 0.6) is 5.75 Å². The number of alkyl halides is 3. The zero-order chi connectivity index (χ0) is 22.5. The summed E-state index contributed by atoms with van der Waals surface area (Å²) in [5.41, 5.74) is 1.91. The fourth-order valence-corrected chi connectivity index (χ4v) is 4.63. The second-order valence-corrected chi connectivity index (χ2v) is 8.79. The molecule has 1 heterocycles. The van der Waals surface area contributed by atoms with Crippen molar-refractivity contribution in [2.45, 2.75) is 25.8 Å². The van der Waals surface area contributed by atoms with Crippen LogP contribution >= 0.6 is 7.52 Å². The molecule has 0 aliphatic heterocycles. The highest BCUT2D eigenvalue weighted by Crippen LogP contribution is 2.46. The molecular formula is C20H21F3N3O4P. The van der Waals surface area contributed by atoms with Gasteiger partial charge in [0.05, 0.1) is 19.9 Å². The lowest BCUT2D eigenvalue weighted by molar-refractivity contribution is -0.159. The van der Waals surface area contributed by atoms with Crippen molar-refractivity contribution in [3.05, 3.63) is 65.5 Å². The van der Waals surface area contributed by atoms with E-state index < -0.39 is 19.6 Å². The lowest BCUT2D eigenvalue weighted by Crippen LogP contribution is -2.14. The minimum Gasteiger partial charge on any atom is -0.497 e. The van der Waals surface area contributed by atoms with Crippen molar-refractivity contribution in [3.8, 4) is 17.1 Å². The van der Waals surface area contributed by atoms with Gasteiger partial charge in [0.25, 0.3) is 7.52 Å². The zero-order valence-corrected chi connectivity index (χ0v) is 17.7. The Hall–Kier alpha value is -2.68. The first-order chi connectivity index (χ1) is 14.7. The van der Waals surface area contributed by atoms with Gasteiger partial charge in [-0.1, -0.05) is 41.6 Å². The van der Waals surface area contributed by atoms with Crippen LogP contribution in [0.3, 0.4) is 0 Å². The molecular weight excluding hydrogens is 434 g/mol. The van der Waals surface area contributed by atoms with Crippen LogP contribution in [0.1, 0.15) is 23.9 Å². The maximum absolute atomic E-state index is 13.2. The standard InChI is InChI=1S/C20H21F3N3O4P/c1-3-29-31(27,24-12-15-5-4-6-17(11-15)28-2)13-14-7-9-16(10-8-14)18-25-19(30-26-18)20(21,22)23/h4-11H,3,12-13H2,1-2H3,(H,24,27). The minimum atomic E-state index is -4.70. The van der Waals surface area contributed by atoms with E-state index in [4.69, 9.17) is 9.26 Å². The number of benzene rings is 2. The van der Waals surface area contributed by atoms with E-state index in [1.807, 2.05) is 24.3 Å². The van der Waals surface area contributed by atoms with Crippen LogP contribution in [-0.4, -0.2) is 23.9 Å². The minimum absolute atomic E-state index is 0.102. The summed E-state index contributed by atoms with van der Waals surface area (Å²) in [4.78, 5) is 3.36. The molecule has 0 saturated heterocycles. The van der Waals surface area contributed by atoms with Gasteiger partial charge in [0.15, 0.2) is 0 Å². The van der Waals surface area contributed by atoms with Crippen LogP contribution in [-0.2, 0) is 28.0 Å². The van der Waals surface area contributed by atoms with Crippen LogP contribution in [0.15, 0.2) is 53.1 Å². The molecule has 1 unspecified atom stereocenters. The summed E-state index contributed by atoms with van der Waals surface area (Å²) in [7, 11) is -1.66. The molecule has 0 amide bonds. The predicted molar refractivity (Wildman–Crippen MR) is 108 cm³/mol. The summed E-state index contributed by atoms with van der Waals surface area (Å²) >= 11 is 0. The number of hydrogen-bond donors (Lipinski definition) is 1. The molecule has 3 aromatic rings. The number of methoxy groups -OCH3 is 1. The Morgan fingerprint density at radius 2 is 1.87 bits per heavy atom. The monoisotopic (exact) mass is 455 g/mol. The first-order valence-corrected chi connectivity index (χ1v) is 11.2. The normalized spacial score (nSPS) is 13.7. The number of aromatic nitrogens is 2. The molecule has 0 bridgehead atoms. The SMILES string of the molecule is CCOP(=O)(Cc1ccc(-c2noc(C(F)(F)F)n2)cc1)NCc1cccc(OC)c1. The van der Waals surface area contributed by atoms with E-state index in [-0.39, 0.29) is 18.6 Å². The summed E-state index contributed by atoms with van der Waals surface area (Å²) in [6.07, 6.45) is -4.60. The Morgan fingerprint density at radius 1 is 1.13 bits per heavy atom. The first kappa shape index (κ1) is 23.0. The van der Waals surface area contributed by atoms with Crippen molar-refractivity contribution < 1.29 is 31.5 Å². The van der Waals surface area contributed by atoms with Gasteiger partial charge in [0.2, 0.25) is 5.82 Å². The summed E-state index contributed by atoms with van der Waals surface area (Å²) in [5.74, 6) is -0.895. The van der Waals surface area contributed by atoms with Crippen LogP contribution in [0.4, 0.5) is 13.2 Å². The maximum Gasteiger partial charge on any atom is 0.471 e. The molecule has 166 valence electrons. The largest absolute Gasteiger partial charge is 0.497 e. The van der Waals surface area contributed by atoms with E-state index in [1.165, 1.54) is 0 Å². The van der Waals surface area contributed by atoms with Gasteiger partial charge in [-0.25, -0.2) is 5.09 Å². The number of rotatable bonds is 9. The molecule has 3 rings (SSSR count). The topological polar surface area (TPSA) is 86.5 Å². The van der Waals surface area contributed by atoms with Gasteiger partial charge in [-0.05, 0) is 30.2 Å². The fraction of sp³-hybridized carbons (Fsp3) is 0.300. The van der Waals surface area contributed by atoms with Gasteiger partial charge in [-0.15, -0.1) is 0 Å². The molecule has 0 radical (unpaired) electrons. The molecule has 1 atom stereocenters. The van der Waals surface area contributed by atoms with Crippen LogP contribution in [0.2, 0.25) is 0 Å². The number of nitrogens with one attached hydrogen (secondary N) is 1.